The Balaban J connectivity index is 1.75. The van der Waals surface area contributed by atoms with Crippen LogP contribution in [0, 0.1) is 17.6 Å². The topological polar surface area (TPSA) is 122 Å². The molecule has 0 saturated heterocycles. The van der Waals surface area contributed by atoms with Crippen molar-refractivity contribution < 1.29 is 28.2 Å². The number of nitrogens with zero attached hydrogens (tertiary/aromatic N) is 3. The van der Waals surface area contributed by atoms with Crippen LogP contribution in [-0.4, -0.2) is 43.8 Å². The van der Waals surface area contributed by atoms with Crippen molar-refractivity contribution in [3.8, 4) is 17.3 Å². The Labute approximate surface area is 211 Å². The van der Waals surface area contributed by atoms with Crippen LogP contribution in [0.1, 0.15) is 46.0 Å². The van der Waals surface area contributed by atoms with Gasteiger partial charge in [-0.2, -0.15) is 5.10 Å². The number of halogens is 2. The summed E-state index contributed by atoms with van der Waals surface area (Å²) in [6.07, 6.45) is 1.91. The van der Waals surface area contributed by atoms with Gasteiger partial charge in [0.25, 0.3) is 5.91 Å². The van der Waals surface area contributed by atoms with Crippen molar-refractivity contribution in [2.24, 2.45) is 5.92 Å². The van der Waals surface area contributed by atoms with E-state index < -0.39 is 29.1 Å². The molecule has 37 heavy (non-hydrogen) atoms. The third kappa shape index (κ3) is 5.66. The Morgan fingerprint density at radius 1 is 1.14 bits per heavy atom. The predicted octanol–water partition coefficient (Wildman–Crippen LogP) is 4.76. The number of aromatic amines is 1. The van der Waals surface area contributed by atoms with Gasteiger partial charge in [-0.15, -0.1) is 0 Å². The minimum Gasteiger partial charge on any atom is -0.497 e. The third-order valence-corrected chi connectivity index (χ3v) is 5.52. The summed E-state index contributed by atoms with van der Waals surface area (Å²) in [6.45, 7) is 4.15. The summed E-state index contributed by atoms with van der Waals surface area (Å²) >= 11 is 0. The van der Waals surface area contributed by atoms with Crippen LogP contribution >= 0.6 is 0 Å². The molecule has 0 aliphatic carbocycles. The van der Waals surface area contributed by atoms with E-state index >= 15 is 0 Å². The monoisotopic (exact) mass is 509 g/mol. The minimum absolute atomic E-state index is 0.1000. The van der Waals surface area contributed by atoms with Crippen LogP contribution in [0.25, 0.3) is 11.5 Å². The Kier molecular flexibility index (Phi) is 7.32. The number of ether oxygens (including phenoxy) is 1. The lowest BCUT2D eigenvalue weighted by molar-refractivity contribution is 0.0689. The van der Waals surface area contributed by atoms with Crippen LogP contribution in [0.2, 0.25) is 0 Å². The minimum atomic E-state index is -1.21. The first-order chi connectivity index (χ1) is 17.7. The third-order valence-electron chi connectivity index (χ3n) is 5.52. The largest absolute Gasteiger partial charge is 0.497 e. The van der Waals surface area contributed by atoms with E-state index in [1.165, 1.54) is 10.9 Å². The molecule has 0 aliphatic heterocycles. The van der Waals surface area contributed by atoms with E-state index in [0.717, 1.165) is 23.8 Å². The number of H-pyrrole nitrogens is 1. The van der Waals surface area contributed by atoms with Gasteiger partial charge in [-0.1, -0.05) is 32.0 Å². The maximum atomic E-state index is 14.2. The number of rotatable bonds is 9. The van der Waals surface area contributed by atoms with Crippen molar-refractivity contribution >= 4 is 17.6 Å². The van der Waals surface area contributed by atoms with E-state index in [-0.39, 0.29) is 35.4 Å². The van der Waals surface area contributed by atoms with Gasteiger partial charge in [0, 0.05) is 6.20 Å². The molecule has 2 aromatic carbocycles. The van der Waals surface area contributed by atoms with Crippen molar-refractivity contribution in [1.29, 1.82) is 0 Å². The average molecular weight is 510 g/mol. The van der Waals surface area contributed by atoms with Gasteiger partial charge in [-0.25, -0.2) is 18.6 Å². The molecule has 0 aliphatic rings. The number of methoxy groups -OCH3 is 1. The first-order valence-electron chi connectivity index (χ1n) is 11.4. The molecule has 0 bridgehead atoms. The van der Waals surface area contributed by atoms with Crippen molar-refractivity contribution in [3.63, 3.8) is 0 Å². The highest BCUT2D eigenvalue weighted by atomic mass is 19.1. The highest BCUT2D eigenvalue weighted by molar-refractivity contribution is 6.06. The summed E-state index contributed by atoms with van der Waals surface area (Å²) < 4.78 is 35.1. The molecular weight excluding hydrogens is 484 g/mol. The van der Waals surface area contributed by atoms with Crippen LogP contribution in [0.15, 0.2) is 48.7 Å². The first kappa shape index (κ1) is 25.5. The highest BCUT2D eigenvalue weighted by Gasteiger charge is 2.24. The van der Waals surface area contributed by atoms with Crippen molar-refractivity contribution in [2.45, 2.75) is 26.8 Å². The number of amides is 1. The van der Waals surface area contributed by atoms with E-state index in [0.29, 0.717) is 17.9 Å². The molecule has 2 aromatic heterocycles. The fourth-order valence-electron chi connectivity index (χ4n) is 3.84. The van der Waals surface area contributed by atoms with Crippen molar-refractivity contribution in [2.75, 3.05) is 12.4 Å². The zero-order chi connectivity index (χ0) is 26.7. The van der Waals surface area contributed by atoms with Crippen LogP contribution in [-0.2, 0) is 13.0 Å². The number of aromatic nitrogens is 4. The van der Waals surface area contributed by atoms with Crippen LogP contribution in [0.3, 0.4) is 0 Å². The zero-order valence-corrected chi connectivity index (χ0v) is 20.4. The first-order valence-corrected chi connectivity index (χ1v) is 11.4. The average Bonchev–Trinajstić information content (AvgIpc) is 3.43. The Bertz CT molecular complexity index is 1420. The fourth-order valence-corrected chi connectivity index (χ4v) is 3.84. The van der Waals surface area contributed by atoms with E-state index in [1.54, 1.807) is 19.2 Å². The number of nitrogens with one attached hydrogen (secondary N) is 2. The molecule has 3 N–H and O–H groups in total. The van der Waals surface area contributed by atoms with Crippen LogP contribution in [0.4, 0.5) is 14.5 Å². The van der Waals surface area contributed by atoms with Gasteiger partial charge in [-0.05, 0) is 42.2 Å². The smallest absolute Gasteiger partial charge is 0.356 e. The number of benzene rings is 2. The number of carbonyl (C=O) groups is 2. The molecule has 0 atom stereocenters. The second-order valence-corrected chi connectivity index (χ2v) is 8.80. The molecule has 2 heterocycles. The molecule has 0 radical (unpaired) electrons. The molecule has 11 heteroatoms. The van der Waals surface area contributed by atoms with Crippen molar-refractivity contribution in [1.82, 2.24) is 19.7 Å². The molecule has 0 saturated carbocycles. The second-order valence-electron chi connectivity index (χ2n) is 8.80. The number of hydrogen-bond acceptors (Lipinski definition) is 5. The number of carboxylic acid groups (broad SMARTS) is 1. The molecule has 1 amide bonds. The van der Waals surface area contributed by atoms with E-state index in [4.69, 9.17) is 4.74 Å². The molecule has 0 fully saturated rings. The molecule has 0 spiro atoms. The maximum absolute atomic E-state index is 14.2. The fraction of sp³-hybridized carbons (Fsp3) is 0.231. The molecule has 0 unspecified atom stereocenters. The number of carboxylic acids is 1. The summed E-state index contributed by atoms with van der Waals surface area (Å²) in [7, 11) is 1.56. The molecule has 9 nitrogen and oxygen atoms in total. The quantitative estimate of drug-likeness (QED) is 0.299. The lowest BCUT2D eigenvalue weighted by atomic mass is 10.1. The number of imidazole rings is 1. The standard InChI is InChI=1S/C26H25F2N5O4/c1-14(2)11-19-23(26(35)36)31-24(29-19)22-20(30-25(34)21-17(27)5-4-6-18(21)28)13-33(32-22)12-15-7-9-16(37-3)10-8-15/h4-10,13-14H,11-12H2,1-3H3,(H,29,31)(H,30,34)(H,35,36). The maximum Gasteiger partial charge on any atom is 0.356 e. The Hall–Kier alpha value is -4.54. The zero-order valence-electron chi connectivity index (χ0n) is 20.4. The van der Waals surface area contributed by atoms with Gasteiger partial charge in [0.15, 0.2) is 17.2 Å². The SMILES string of the molecule is COc1ccc(Cn2cc(NC(=O)c3c(F)cccc3F)c(-c3nc(C(=O)O)c(CC(C)C)[nH]3)n2)cc1. The van der Waals surface area contributed by atoms with Crippen LogP contribution < -0.4 is 10.1 Å². The lowest BCUT2D eigenvalue weighted by Gasteiger charge is -2.06. The molecule has 4 aromatic rings. The molecule has 4 rings (SSSR count). The summed E-state index contributed by atoms with van der Waals surface area (Å²) in [4.78, 5) is 31.8. The summed E-state index contributed by atoms with van der Waals surface area (Å²) in [5, 5.41) is 16.6. The predicted molar refractivity (Wildman–Crippen MR) is 132 cm³/mol. The summed E-state index contributed by atoms with van der Waals surface area (Å²) in [6, 6.07) is 10.4. The van der Waals surface area contributed by atoms with Gasteiger partial charge >= 0.3 is 5.97 Å². The van der Waals surface area contributed by atoms with E-state index in [2.05, 4.69) is 20.4 Å². The van der Waals surface area contributed by atoms with Crippen molar-refractivity contribution in [3.05, 3.63) is 82.8 Å². The van der Waals surface area contributed by atoms with Gasteiger partial charge < -0.3 is 20.1 Å². The van der Waals surface area contributed by atoms with E-state index in [1.807, 2.05) is 26.0 Å². The summed E-state index contributed by atoms with van der Waals surface area (Å²) in [5.41, 5.74) is 0.575. The van der Waals surface area contributed by atoms with Gasteiger partial charge in [0.1, 0.15) is 22.9 Å². The highest BCUT2D eigenvalue weighted by Crippen LogP contribution is 2.28. The number of aromatic carboxylic acids is 1. The molecule has 192 valence electrons. The van der Waals surface area contributed by atoms with E-state index in [9.17, 15) is 23.5 Å². The van der Waals surface area contributed by atoms with Crippen LogP contribution in [0.5, 0.6) is 5.75 Å². The van der Waals surface area contributed by atoms with Gasteiger partial charge in [0.05, 0.1) is 25.0 Å². The Morgan fingerprint density at radius 2 is 1.81 bits per heavy atom. The lowest BCUT2D eigenvalue weighted by Crippen LogP contribution is -2.16. The molecular formula is C26H25F2N5O4. The number of anilines is 1. The number of hydrogen-bond donors (Lipinski definition) is 3. The van der Waals surface area contributed by atoms with Gasteiger partial charge in [-0.3, -0.25) is 9.48 Å². The second kappa shape index (κ2) is 10.6. The normalized spacial score (nSPS) is 11.1. The van der Waals surface area contributed by atoms with Gasteiger partial charge in [0.2, 0.25) is 0 Å². The Morgan fingerprint density at radius 3 is 2.41 bits per heavy atom. The summed E-state index contributed by atoms with van der Waals surface area (Å²) in [5.74, 6) is -3.35. The number of carbonyl (C=O) groups excluding carboxylic acids is 1.